The third kappa shape index (κ3) is 3.61. The zero-order valence-electron chi connectivity index (χ0n) is 17.3. The van der Waals surface area contributed by atoms with Crippen molar-refractivity contribution in [3.05, 3.63) is 46.0 Å². The van der Waals surface area contributed by atoms with Crippen LogP contribution in [-0.4, -0.2) is 68.1 Å². The molecule has 1 aliphatic heterocycles. The molecule has 1 aromatic rings. The van der Waals surface area contributed by atoms with E-state index in [2.05, 4.69) is 0 Å². The van der Waals surface area contributed by atoms with Crippen LogP contribution in [0.4, 0.5) is 0 Å². The minimum Gasteiger partial charge on any atom is -0.378 e. The van der Waals surface area contributed by atoms with Crippen LogP contribution in [0.2, 0.25) is 0 Å². The molecule has 4 rings (SSSR count). The summed E-state index contributed by atoms with van der Waals surface area (Å²) in [5.41, 5.74) is 0.442. The monoisotopic (exact) mass is 432 g/mol. The number of carbonyl (C=O) groups excluding carboxylic acids is 2. The average molecular weight is 433 g/mol. The Morgan fingerprint density at radius 1 is 1.00 bits per heavy atom. The van der Waals surface area contributed by atoms with Gasteiger partial charge in [0.05, 0.1) is 13.2 Å². The smallest absolute Gasteiger partial charge is 0.249 e. The van der Waals surface area contributed by atoms with Crippen LogP contribution in [-0.2, 0) is 14.8 Å². The van der Waals surface area contributed by atoms with Crippen LogP contribution in [0.5, 0.6) is 0 Å². The Balaban J connectivity index is 1.87. The second kappa shape index (κ2) is 8.61. The number of morpholine rings is 1. The maximum atomic E-state index is 13.9. The predicted molar refractivity (Wildman–Crippen MR) is 113 cm³/mol. The number of rotatable bonds is 5. The number of carbonyl (C=O) groups is 2. The van der Waals surface area contributed by atoms with E-state index in [1.54, 1.807) is 30.0 Å². The second-order valence-corrected chi connectivity index (χ2v) is 9.81. The number of nitrogens with zero attached hydrogens (tertiary/aromatic N) is 2. The van der Waals surface area contributed by atoms with Crippen LogP contribution in [0.25, 0.3) is 0 Å². The zero-order valence-corrected chi connectivity index (χ0v) is 18.1. The van der Waals surface area contributed by atoms with Gasteiger partial charge in [-0.3, -0.25) is 9.59 Å². The molecule has 162 valence electrons. The lowest BCUT2D eigenvalue weighted by Gasteiger charge is -2.37. The largest absolute Gasteiger partial charge is 0.378 e. The summed E-state index contributed by atoms with van der Waals surface area (Å²) >= 11 is 0. The van der Waals surface area contributed by atoms with Gasteiger partial charge in [0.15, 0.2) is 4.91 Å². The van der Waals surface area contributed by atoms with E-state index in [1.807, 2.05) is 0 Å². The van der Waals surface area contributed by atoms with E-state index in [0.29, 0.717) is 26.3 Å². The minimum atomic E-state index is -4.14. The molecular weight excluding hydrogens is 404 g/mol. The molecule has 0 radical (unpaired) electrons. The predicted octanol–water partition coefficient (Wildman–Crippen LogP) is 2.59. The molecule has 8 heteroatoms. The average Bonchev–Trinajstić information content (AvgIpc) is 2.77. The molecule has 3 aliphatic rings. The van der Waals surface area contributed by atoms with Crippen LogP contribution in [0.15, 0.2) is 34.9 Å². The Morgan fingerprint density at radius 2 is 1.60 bits per heavy atom. The van der Waals surface area contributed by atoms with Crippen LogP contribution >= 0.6 is 0 Å². The van der Waals surface area contributed by atoms with Gasteiger partial charge in [-0.2, -0.15) is 4.31 Å². The van der Waals surface area contributed by atoms with E-state index >= 15 is 0 Å². The number of Topliss-reactive ketones (excluding diaryl/α,β-unsaturated/α-hetero) is 2. The molecule has 1 saturated heterocycles. The van der Waals surface area contributed by atoms with Crippen molar-refractivity contribution in [2.75, 3.05) is 32.8 Å². The van der Waals surface area contributed by atoms with Crippen molar-refractivity contribution in [2.45, 2.75) is 45.1 Å². The number of allylic oxidation sites excluding steroid dienone is 2. The Hall–Kier alpha value is -2.03. The first-order valence-corrected chi connectivity index (χ1v) is 12.2. The molecule has 1 heterocycles. The van der Waals surface area contributed by atoms with Gasteiger partial charge in [0.25, 0.3) is 0 Å². The summed E-state index contributed by atoms with van der Waals surface area (Å²) in [5, 5.41) is 0. The molecule has 7 nitrogen and oxygen atoms in total. The highest BCUT2D eigenvalue weighted by molar-refractivity contribution is 7.94. The van der Waals surface area contributed by atoms with E-state index < -0.39 is 21.6 Å². The van der Waals surface area contributed by atoms with Crippen LogP contribution in [0, 0.1) is 0 Å². The number of hydrogen-bond acceptors (Lipinski definition) is 6. The number of benzene rings is 1. The van der Waals surface area contributed by atoms with Gasteiger partial charge in [-0.15, -0.1) is 0 Å². The van der Waals surface area contributed by atoms with Gasteiger partial charge in [0.1, 0.15) is 5.70 Å². The highest BCUT2D eigenvalue weighted by Gasteiger charge is 2.45. The maximum Gasteiger partial charge on any atom is 0.249 e. The Kier molecular flexibility index (Phi) is 6.09. The molecule has 0 bridgehead atoms. The lowest BCUT2D eigenvalue weighted by atomic mass is 9.91. The van der Waals surface area contributed by atoms with E-state index in [9.17, 15) is 18.0 Å². The summed E-state index contributed by atoms with van der Waals surface area (Å²) < 4.78 is 34.6. The van der Waals surface area contributed by atoms with Gasteiger partial charge in [-0.1, -0.05) is 50.5 Å². The van der Waals surface area contributed by atoms with Crippen molar-refractivity contribution in [2.24, 2.45) is 0 Å². The summed E-state index contributed by atoms with van der Waals surface area (Å²) in [6.07, 6.45) is 4.61. The third-order valence-corrected chi connectivity index (χ3v) is 8.31. The summed E-state index contributed by atoms with van der Waals surface area (Å²) in [7, 11) is -4.14. The van der Waals surface area contributed by atoms with Crippen molar-refractivity contribution in [1.29, 1.82) is 0 Å². The van der Waals surface area contributed by atoms with E-state index in [4.69, 9.17) is 4.74 Å². The molecule has 1 saturated carbocycles. The highest BCUT2D eigenvalue weighted by atomic mass is 32.2. The highest BCUT2D eigenvalue weighted by Crippen LogP contribution is 2.35. The third-order valence-electron chi connectivity index (χ3n) is 6.24. The van der Waals surface area contributed by atoms with Gasteiger partial charge in [-0.05, 0) is 12.8 Å². The number of ketones is 2. The summed E-state index contributed by atoms with van der Waals surface area (Å²) in [6, 6.07) is 6.36. The number of fused-ring (bicyclic) bond motifs is 1. The van der Waals surface area contributed by atoms with Crippen molar-refractivity contribution in [1.82, 2.24) is 9.21 Å². The SMILES string of the molecule is CCN(C1CCCCC1)S(=O)(=O)C1=C(N2CCOCC2)C(=O)c2ccccc2C1=O. The first-order valence-electron chi connectivity index (χ1n) is 10.7. The molecule has 2 fully saturated rings. The molecule has 0 amide bonds. The molecule has 0 aromatic heterocycles. The zero-order chi connectivity index (χ0) is 21.3. The Morgan fingerprint density at radius 3 is 2.20 bits per heavy atom. The molecule has 1 aromatic carbocycles. The second-order valence-electron chi connectivity index (χ2n) is 7.98. The van der Waals surface area contributed by atoms with Gasteiger partial charge in [-0.25, -0.2) is 8.42 Å². The fourth-order valence-corrected chi connectivity index (χ4v) is 6.75. The summed E-state index contributed by atoms with van der Waals surface area (Å²) in [6.45, 7) is 3.61. The van der Waals surface area contributed by atoms with E-state index in [1.165, 1.54) is 10.4 Å². The topological polar surface area (TPSA) is 84.0 Å². The molecule has 0 spiro atoms. The van der Waals surface area contributed by atoms with Crippen LogP contribution < -0.4 is 0 Å². The first kappa shape index (κ1) is 21.2. The van der Waals surface area contributed by atoms with E-state index in [0.717, 1.165) is 32.1 Å². The van der Waals surface area contributed by atoms with Crippen molar-refractivity contribution >= 4 is 21.6 Å². The van der Waals surface area contributed by atoms with Gasteiger partial charge in [0.2, 0.25) is 21.6 Å². The fraction of sp³-hybridized carbons (Fsp3) is 0.545. The lowest BCUT2D eigenvalue weighted by Crippen LogP contribution is -2.47. The quantitative estimate of drug-likeness (QED) is 0.711. The van der Waals surface area contributed by atoms with Crippen molar-refractivity contribution in [3.8, 4) is 0 Å². The maximum absolute atomic E-state index is 13.9. The summed E-state index contributed by atoms with van der Waals surface area (Å²) in [5.74, 6) is -0.980. The number of ether oxygens (including phenoxy) is 1. The molecular formula is C22H28N2O5S. The van der Waals surface area contributed by atoms with Gasteiger partial charge >= 0.3 is 0 Å². The number of sulfonamides is 1. The Labute approximate surface area is 177 Å². The molecule has 30 heavy (non-hydrogen) atoms. The number of hydrogen-bond donors (Lipinski definition) is 0. The first-order chi connectivity index (χ1) is 14.5. The molecule has 0 atom stereocenters. The van der Waals surface area contributed by atoms with Gasteiger partial charge < -0.3 is 9.64 Å². The van der Waals surface area contributed by atoms with Crippen molar-refractivity contribution in [3.63, 3.8) is 0 Å². The van der Waals surface area contributed by atoms with E-state index in [-0.39, 0.29) is 34.3 Å². The fourth-order valence-electron chi connectivity index (χ4n) is 4.76. The Bertz CT molecular complexity index is 973. The van der Waals surface area contributed by atoms with Crippen LogP contribution in [0.3, 0.4) is 0 Å². The lowest BCUT2D eigenvalue weighted by molar-refractivity contribution is 0.0498. The summed E-state index contributed by atoms with van der Waals surface area (Å²) in [4.78, 5) is 28.3. The molecule has 0 unspecified atom stereocenters. The minimum absolute atomic E-state index is 0.0104. The standard InChI is InChI=1S/C22H28N2O5S/c1-2-24(16-8-4-3-5-9-16)30(27,28)22-19(23-12-14-29-15-13-23)20(25)17-10-6-7-11-18(17)21(22)26/h6-7,10-11,16H,2-5,8-9,12-15H2,1H3. The normalized spacial score (nSPS) is 21.3. The molecule has 2 aliphatic carbocycles. The van der Waals surface area contributed by atoms with Crippen LogP contribution in [0.1, 0.15) is 59.7 Å². The van der Waals surface area contributed by atoms with Crippen molar-refractivity contribution < 1.29 is 22.7 Å². The van der Waals surface area contributed by atoms with Gasteiger partial charge in [0, 0.05) is 36.8 Å². The molecule has 0 N–H and O–H groups in total.